The Hall–Kier alpha value is -2.72. The van der Waals surface area contributed by atoms with E-state index in [9.17, 15) is 19.7 Å². The maximum Gasteiger partial charge on any atom is 0.271 e. The van der Waals surface area contributed by atoms with E-state index in [1.807, 2.05) is 4.90 Å². The summed E-state index contributed by atoms with van der Waals surface area (Å²) in [5, 5.41) is 13.6. The zero-order chi connectivity index (χ0) is 20.1. The number of nitro groups is 1. The number of carbonyl (C=O) groups is 2. The Morgan fingerprint density at radius 1 is 1.32 bits per heavy atom. The second kappa shape index (κ2) is 8.98. The minimum absolute atomic E-state index is 0.0305. The third-order valence-electron chi connectivity index (χ3n) is 4.92. The molecule has 3 rings (SSSR count). The first-order chi connectivity index (χ1) is 13.5. The smallest absolute Gasteiger partial charge is 0.271 e. The lowest BCUT2D eigenvalue weighted by Gasteiger charge is -2.35. The molecule has 0 radical (unpaired) electrons. The van der Waals surface area contributed by atoms with Gasteiger partial charge in [-0.05, 0) is 18.9 Å². The quantitative estimate of drug-likeness (QED) is 0.564. The van der Waals surface area contributed by atoms with Gasteiger partial charge >= 0.3 is 0 Å². The Morgan fingerprint density at radius 2 is 2.07 bits per heavy atom. The largest absolute Gasteiger partial charge is 0.495 e. The molecule has 0 spiro atoms. The first-order valence-electron chi connectivity index (χ1n) is 9.23. The molecule has 1 aromatic carbocycles. The Kier molecular flexibility index (Phi) is 6.42. The summed E-state index contributed by atoms with van der Waals surface area (Å²) in [5.74, 6) is 0.0894. The molecule has 0 aliphatic carbocycles. The van der Waals surface area contributed by atoms with E-state index in [0.717, 1.165) is 12.8 Å². The first-order valence-corrected chi connectivity index (χ1v) is 9.23. The number of anilines is 1. The van der Waals surface area contributed by atoms with E-state index in [1.165, 1.54) is 25.3 Å². The summed E-state index contributed by atoms with van der Waals surface area (Å²) in [6.07, 6.45) is 1.36. The van der Waals surface area contributed by atoms with Gasteiger partial charge in [-0.2, -0.15) is 0 Å². The summed E-state index contributed by atoms with van der Waals surface area (Å²) in [7, 11) is 1.43. The van der Waals surface area contributed by atoms with Gasteiger partial charge in [0.1, 0.15) is 11.9 Å². The van der Waals surface area contributed by atoms with Crippen LogP contribution in [-0.4, -0.2) is 79.1 Å². The first kappa shape index (κ1) is 20.0. The van der Waals surface area contributed by atoms with Gasteiger partial charge in [-0.25, -0.2) is 0 Å². The highest BCUT2D eigenvalue weighted by atomic mass is 16.6. The monoisotopic (exact) mass is 392 g/mol. The summed E-state index contributed by atoms with van der Waals surface area (Å²) in [6, 6.07) is 4.04. The Labute approximate surface area is 162 Å². The van der Waals surface area contributed by atoms with Crippen molar-refractivity contribution in [2.45, 2.75) is 18.9 Å². The second-order valence-corrected chi connectivity index (χ2v) is 6.79. The molecule has 2 saturated heterocycles. The molecular formula is C18H24N4O6. The zero-order valence-corrected chi connectivity index (χ0v) is 15.8. The van der Waals surface area contributed by atoms with E-state index >= 15 is 0 Å². The van der Waals surface area contributed by atoms with Crippen LogP contribution in [0.25, 0.3) is 0 Å². The number of non-ortho nitro benzene ring substituents is 1. The standard InChI is InChI=1S/C18H24N4O6/c1-27-15-5-4-13(22(25)26)11-14(15)19-17(23)12-20-6-8-21(9-7-20)18(24)16-3-2-10-28-16/h4-5,11,16H,2-3,6-10,12H2,1H3,(H,19,23). The van der Waals surface area contributed by atoms with Gasteiger partial charge in [-0.1, -0.05) is 0 Å². The minimum atomic E-state index is -0.528. The van der Waals surface area contributed by atoms with Gasteiger partial charge < -0.3 is 19.7 Å². The maximum atomic E-state index is 12.4. The Morgan fingerprint density at radius 3 is 2.68 bits per heavy atom. The lowest BCUT2D eigenvalue weighted by molar-refractivity contribution is -0.384. The van der Waals surface area contributed by atoms with Gasteiger partial charge in [0.25, 0.3) is 11.6 Å². The van der Waals surface area contributed by atoms with E-state index in [0.29, 0.717) is 38.5 Å². The predicted molar refractivity (Wildman–Crippen MR) is 100 cm³/mol. The molecule has 2 heterocycles. The van der Waals surface area contributed by atoms with Crippen LogP contribution in [0.1, 0.15) is 12.8 Å². The molecule has 0 aromatic heterocycles. The van der Waals surface area contributed by atoms with E-state index < -0.39 is 4.92 Å². The van der Waals surface area contributed by atoms with Crippen molar-refractivity contribution in [2.24, 2.45) is 0 Å². The van der Waals surface area contributed by atoms with Gasteiger partial charge in [-0.15, -0.1) is 0 Å². The molecule has 10 heteroatoms. The van der Waals surface area contributed by atoms with Crippen LogP contribution in [0, 0.1) is 10.1 Å². The molecule has 2 aliphatic rings. The normalized spacial score (nSPS) is 20.0. The van der Waals surface area contributed by atoms with Crippen LogP contribution in [0.3, 0.4) is 0 Å². The number of ether oxygens (including phenoxy) is 2. The van der Waals surface area contributed by atoms with E-state index in [-0.39, 0.29) is 35.8 Å². The van der Waals surface area contributed by atoms with Crippen molar-refractivity contribution >= 4 is 23.2 Å². The number of hydrogen-bond donors (Lipinski definition) is 1. The van der Waals surface area contributed by atoms with Crippen LogP contribution in [-0.2, 0) is 14.3 Å². The van der Waals surface area contributed by atoms with Crippen molar-refractivity contribution < 1.29 is 24.0 Å². The number of rotatable bonds is 6. The lowest BCUT2D eigenvalue weighted by atomic mass is 10.2. The molecule has 0 saturated carbocycles. The van der Waals surface area contributed by atoms with E-state index in [1.54, 1.807) is 4.90 Å². The highest BCUT2D eigenvalue weighted by Gasteiger charge is 2.30. The Bertz CT molecular complexity index is 742. The van der Waals surface area contributed by atoms with Gasteiger partial charge in [0.15, 0.2) is 0 Å². The van der Waals surface area contributed by atoms with Crippen molar-refractivity contribution in [1.82, 2.24) is 9.80 Å². The summed E-state index contributed by atoms with van der Waals surface area (Å²) in [5.41, 5.74) is 0.131. The number of amides is 2. The molecule has 10 nitrogen and oxygen atoms in total. The summed E-state index contributed by atoms with van der Waals surface area (Å²) in [6.45, 7) is 3.03. The third kappa shape index (κ3) is 4.76. The average Bonchev–Trinajstić information content (AvgIpc) is 3.22. The molecule has 1 aromatic rings. The molecule has 1 N–H and O–H groups in total. The van der Waals surface area contributed by atoms with Gasteiger partial charge in [0.05, 0.1) is 24.3 Å². The van der Waals surface area contributed by atoms with Crippen molar-refractivity contribution in [3.8, 4) is 5.75 Å². The number of nitro benzene ring substituents is 1. The molecule has 152 valence electrons. The van der Waals surface area contributed by atoms with Gasteiger partial charge in [-0.3, -0.25) is 24.6 Å². The number of benzene rings is 1. The molecule has 28 heavy (non-hydrogen) atoms. The van der Waals surface area contributed by atoms with E-state index in [4.69, 9.17) is 9.47 Å². The molecule has 2 fully saturated rings. The average molecular weight is 392 g/mol. The summed E-state index contributed by atoms with van der Waals surface area (Å²) >= 11 is 0. The fourth-order valence-corrected chi connectivity index (χ4v) is 3.40. The van der Waals surface area contributed by atoms with Crippen LogP contribution >= 0.6 is 0 Å². The molecule has 1 atom stereocenters. The zero-order valence-electron chi connectivity index (χ0n) is 15.8. The van der Waals surface area contributed by atoms with Crippen LogP contribution in [0.15, 0.2) is 18.2 Å². The van der Waals surface area contributed by atoms with Crippen LogP contribution in [0.2, 0.25) is 0 Å². The molecular weight excluding hydrogens is 368 g/mol. The maximum absolute atomic E-state index is 12.4. The number of hydrogen-bond acceptors (Lipinski definition) is 7. The molecule has 1 unspecified atom stereocenters. The second-order valence-electron chi connectivity index (χ2n) is 6.79. The van der Waals surface area contributed by atoms with Crippen molar-refractivity contribution in [3.63, 3.8) is 0 Å². The highest BCUT2D eigenvalue weighted by Crippen LogP contribution is 2.28. The van der Waals surface area contributed by atoms with Crippen molar-refractivity contribution in [3.05, 3.63) is 28.3 Å². The van der Waals surface area contributed by atoms with Crippen molar-refractivity contribution in [2.75, 3.05) is 51.8 Å². The molecule has 0 bridgehead atoms. The number of piperazine rings is 1. The fraction of sp³-hybridized carbons (Fsp3) is 0.556. The number of nitrogens with zero attached hydrogens (tertiary/aromatic N) is 3. The highest BCUT2D eigenvalue weighted by molar-refractivity contribution is 5.94. The minimum Gasteiger partial charge on any atom is -0.495 e. The third-order valence-corrected chi connectivity index (χ3v) is 4.92. The number of carbonyl (C=O) groups excluding carboxylic acids is 2. The molecule has 2 amide bonds. The summed E-state index contributed by atoms with van der Waals surface area (Å²) in [4.78, 5) is 38.9. The van der Waals surface area contributed by atoms with Crippen LogP contribution in [0.4, 0.5) is 11.4 Å². The predicted octanol–water partition coefficient (Wildman–Crippen LogP) is 0.865. The number of methoxy groups -OCH3 is 1. The lowest BCUT2D eigenvalue weighted by Crippen LogP contribution is -2.52. The topological polar surface area (TPSA) is 114 Å². The Balaban J connectivity index is 1.51. The number of nitrogens with one attached hydrogen (secondary N) is 1. The van der Waals surface area contributed by atoms with Crippen LogP contribution < -0.4 is 10.1 Å². The molecule has 2 aliphatic heterocycles. The van der Waals surface area contributed by atoms with Gasteiger partial charge in [0, 0.05) is 44.9 Å². The summed E-state index contributed by atoms with van der Waals surface area (Å²) < 4.78 is 10.6. The van der Waals surface area contributed by atoms with Crippen LogP contribution in [0.5, 0.6) is 5.75 Å². The van der Waals surface area contributed by atoms with Crippen molar-refractivity contribution in [1.29, 1.82) is 0 Å². The van der Waals surface area contributed by atoms with E-state index in [2.05, 4.69) is 5.32 Å². The fourth-order valence-electron chi connectivity index (χ4n) is 3.40. The van der Waals surface area contributed by atoms with Gasteiger partial charge in [0.2, 0.25) is 5.91 Å². The SMILES string of the molecule is COc1ccc([N+](=O)[O-])cc1NC(=O)CN1CCN(C(=O)C2CCCO2)CC1.